The molecule has 2 aromatic rings. The molecule has 0 aromatic carbocycles. The summed E-state index contributed by atoms with van der Waals surface area (Å²) in [6.45, 7) is 10.2. The third-order valence-electron chi connectivity index (χ3n) is 4.97. The Labute approximate surface area is 131 Å². The molecule has 2 atom stereocenters. The molecule has 1 N–H and O–H groups in total. The Kier molecular flexibility index (Phi) is 4.10. The van der Waals surface area contributed by atoms with Crippen LogP contribution in [-0.4, -0.2) is 15.4 Å². The van der Waals surface area contributed by atoms with Crippen molar-refractivity contribution >= 4 is 16.3 Å². The van der Waals surface area contributed by atoms with E-state index in [1.54, 1.807) is 11.3 Å². The number of aryl methyl sites for hydroxylation is 1. The van der Waals surface area contributed by atoms with Gasteiger partial charge in [0, 0.05) is 24.2 Å². The fourth-order valence-corrected chi connectivity index (χ4v) is 4.57. The summed E-state index contributed by atoms with van der Waals surface area (Å²) in [5.41, 5.74) is 2.88. The predicted molar refractivity (Wildman–Crippen MR) is 89.8 cm³/mol. The normalized spacial score (nSPS) is 23.8. The van der Waals surface area contributed by atoms with Crippen LogP contribution in [0.2, 0.25) is 0 Å². The van der Waals surface area contributed by atoms with E-state index in [2.05, 4.69) is 54.0 Å². The molecule has 0 aliphatic heterocycles. The Morgan fingerprint density at radius 2 is 2.10 bits per heavy atom. The second-order valence-corrected chi connectivity index (χ2v) is 8.32. The summed E-state index contributed by atoms with van der Waals surface area (Å²) >= 11 is 1.71. The zero-order valence-corrected chi connectivity index (χ0v) is 14.5. The SMILES string of the molecule is Cc1nc2sccn2c1CNC1CCCCC1C(C)(C)C. The van der Waals surface area contributed by atoms with Crippen LogP contribution in [0.15, 0.2) is 11.6 Å². The summed E-state index contributed by atoms with van der Waals surface area (Å²) in [5, 5.41) is 5.96. The van der Waals surface area contributed by atoms with Crippen LogP contribution < -0.4 is 5.32 Å². The third kappa shape index (κ3) is 3.02. The van der Waals surface area contributed by atoms with Gasteiger partial charge < -0.3 is 5.32 Å². The van der Waals surface area contributed by atoms with Crippen LogP contribution in [0.25, 0.3) is 4.96 Å². The molecule has 3 nitrogen and oxygen atoms in total. The van der Waals surface area contributed by atoms with Crippen LogP contribution in [0.1, 0.15) is 57.8 Å². The van der Waals surface area contributed by atoms with Crippen molar-refractivity contribution < 1.29 is 0 Å². The minimum Gasteiger partial charge on any atom is -0.308 e. The number of rotatable bonds is 3. The molecule has 1 saturated carbocycles. The van der Waals surface area contributed by atoms with Crippen LogP contribution in [-0.2, 0) is 6.54 Å². The lowest BCUT2D eigenvalue weighted by Crippen LogP contribution is -2.44. The second kappa shape index (κ2) is 5.73. The van der Waals surface area contributed by atoms with Gasteiger partial charge in [0.25, 0.3) is 0 Å². The third-order valence-corrected chi connectivity index (χ3v) is 5.73. The molecule has 0 saturated heterocycles. The summed E-state index contributed by atoms with van der Waals surface area (Å²) in [7, 11) is 0. The number of nitrogens with one attached hydrogen (secondary N) is 1. The number of aromatic nitrogens is 2. The van der Waals surface area contributed by atoms with Gasteiger partial charge in [0.05, 0.1) is 11.4 Å². The predicted octanol–water partition coefficient (Wildman–Crippen LogP) is 4.40. The average Bonchev–Trinajstić information content (AvgIpc) is 2.96. The Morgan fingerprint density at radius 1 is 1.33 bits per heavy atom. The second-order valence-electron chi connectivity index (χ2n) is 7.44. The van der Waals surface area contributed by atoms with Crippen LogP contribution in [0.5, 0.6) is 0 Å². The number of imidazole rings is 1. The number of hydrogen-bond donors (Lipinski definition) is 1. The first-order valence-corrected chi connectivity index (χ1v) is 8.99. The summed E-state index contributed by atoms with van der Waals surface area (Å²) in [4.78, 5) is 5.76. The molecule has 1 aliphatic carbocycles. The van der Waals surface area contributed by atoms with E-state index in [0.717, 1.165) is 23.1 Å². The highest BCUT2D eigenvalue weighted by Gasteiger charge is 2.33. The first kappa shape index (κ1) is 15.0. The number of thiazole rings is 1. The van der Waals surface area contributed by atoms with Crippen molar-refractivity contribution in [2.45, 2.75) is 66.0 Å². The number of nitrogens with zero attached hydrogens (tertiary/aromatic N) is 2. The molecule has 1 aliphatic rings. The molecular formula is C17H27N3S. The zero-order valence-electron chi connectivity index (χ0n) is 13.6. The van der Waals surface area contributed by atoms with Gasteiger partial charge in [-0.15, -0.1) is 11.3 Å². The summed E-state index contributed by atoms with van der Waals surface area (Å²) in [6.07, 6.45) is 7.57. The van der Waals surface area contributed by atoms with Gasteiger partial charge in [-0.2, -0.15) is 0 Å². The minimum atomic E-state index is 0.391. The lowest BCUT2D eigenvalue weighted by Gasteiger charge is -2.41. The van der Waals surface area contributed by atoms with Gasteiger partial charge in [-0.05, 0) is 31.1 Å². The summed E-state index contributed by atoms with van der Waals surface area (Å²) in [5.74, 6) is 0.775. The maximum atomic E-state index is 4.65. The van der Waals surface area contributed by atoms with Gasteiger partial charge >= 0.3 is 0 Å². The van der Waals surface area contributed by atoms with Crippen molar-refractivity contribution in [3.05, 3.63) is 23.0 Å². The fraction of sp³-hybridized carbons (Fsp3) is 0.706. The molecule has 1 fully saturated rings. The molecule has 2 heterocycles. The Morgan fingerprint density at radius 3 is 2.86 bits per heavy atom. The lowest BCUT2D eigenvalue weighted by atomic mass is 9.69. The Hall–Kier alpha value is -0.870. The van der Waals surface area contributed by atoms with Crippen LogP contribution in [0, 0.1) is 18.3 Å². The van der Waals surface area contributed by atoms with E-state index >= 15 is 0 Å². The minimum absolute atomic E-state index is 0.391. The maximum Gasteiger partial charge on any atom is 0.194 e. The van der Waals surface area contributed by atoms with Gasteiger partial charge in [-0.3, -0.25) is 4.40 Å². The molecule has 2 aromatic heterocycles. The standard InChI is InChI=1S/C17H27N3S/c1-12-15(20-9-10-21-16(20)19-12)11-18-14-8-6-5-7-13(14)17(2,3)4/h9-10,13-14,18H,5-8,11H2,1-4H3. The molecule has 2 unspecified atom stereocenters. The van der Waals surface area contributed by atoms with Crippen LogP contribution in [0.4, 0.5) is 0 Å². The Bertz CT molecular complexity index is 605. The van der Waals surface area contributed by atoms with E-state index in [1.165, 1.54) is 31.4 Å². The van der Waals surface area contributed by atoms with Gasteiger partial charge in [-0.1, -0.05) is 33.6 Å². The van der Waals surface area contributed by atoms with E-state index in [-0.39, 0.29) is 0 Å². The van der Waals surface area contributed by atoms with Crippen molar-refractivity contribution in [2.75, 3.05) is 0 Å². The first-order valence-electron chi connectivity index (χ1n) is 8.11. The highest BCUT2D eigenvalue weighted by Crippen LogP contribution is 2.38. The molecule has 0 bridgehead atoms. The lowest BCUT2D eigenvalue weighted by molar-refractivity contribution is 0.130. The molecule has 4 heteroatoms. The van der Waals surface area contributed by atoms with Gasteiger partial charge in [0.2, 0.25) is 0 Å². The van der Waals surface area contributed by atoms with E-state index in [4.69, 9.17) is 0 Å². The van der Waals surface area contributed by atoms with Crippen LogP contribution >= 0.6 is 11.3 Å². The number of fused-ring (bicyclic) bond motifs is 1. The fourth-order valence-electron chi connectivity index (χ4n) is 3.79. The number of hydrogen-bond acceptors (Lipinski definition) is 3. The smallest absolute Gasteiger partial charge is 0.194 e. The largest absolute Gasteiger partial charge is 0.308 e. The molecule has 0 amide bonds. The summed E-state index contributed by atoms with van der Waals surface area (Å²) in [6, 6.07) is 0.641. The van der Waals surface area contributed by atoms with E-state index in [9.17, 15) is 0 Å². The van der Waals surface area contributed by atoms with E-state index < -0.39 is 0 Å². The molecule has 116 valence electrons. The monoisotopic (exact) mass is 305 g/mol. The molecule has 0 spiro atoms. The van der Waals surface area contributed by atoms with Gasteiger partial charge in [0.15, 0.2) is 4.96 Å². The van der Waals surface area contributed by atoms with Gasteiger partial charge in [0.1, 0.15) is 0 Å². The van der Waals surface area contributed by atoms with E-state index in [0.29, 0.717) is 11.5 Å². The maximum absolute atomic E-state index is 4.65. The average molecular weight is 305 g/mol. The highest BCUT2D eigenvalue weighted by atomic mass is 32.1. The van der Waals surface area contributed by atoms with Crippen molar-refractivity contribution in [2.24, 2.45) is 11.3 Å². The highest BCUT2D eigenvalue weighted by molar-refractivity contribution is 7.15. The summed E-state index contributed by atoms with van der Waals surface area (Å²) < 4.78 is 2.24. The Balaban J connectivity index is 1.74. The van der Waals surface area contributed by atoms with Crippen molar-refractivity contribution in [1.82, 2.24) is 14.7 Å². The molecule has 3 rings (SSSR count). The van der Waals surface area contributed by atoms with Crippen molar-refractivity contribution in [3.63, 3.8) is 0 Å². The first-order chi connectivity index (χ1) is 9.97. The topological polar surface area (TPSA) is 29.3 Å². The zero-order chi connectivity index (χ0) is 15.0. The van der Waals surface area contributed by atoms with Crippen LogP contribution in [0.3, 0.4) is 0 Å². The molecule has 21 heavy (non-hydrogen) atoms. The molecule has 0 radical (unpaired) electrons. The van der Waals surface area contributed by atoms with Crippen molar-refractivity contribution in [1.29, 1.82) is 0 Å². The van der Waals surface area contributed by atoms with Gasteiger partial charge in [-0.25, -0.2) is 4.98 Å². The molecular weight excluding hydrogens is 278 g/mol. The van der Waals surface area contributed by atoms with E-state index in [1.807, 2.05) is 0 Å². The quantitative estimate of drug-likeness (QED) is 0.910. The van der Waals surface area contributed by atoms with Crippen molar-refractivity contribution in [3.8, 4) is 0 Å².